The van der Waals surface area contributed by atoms with Crippen molar-refractivity contribution in [3.8, 4) is 5.75 Å². The number of benzene rings is 1. The monoisotopic (exact) mass is 522 g/mol. The number of fused-ring (bicyclic) bond motifs is 2. The third-order valence-corrected chi connectivity index (χ3v) is 7.37. The van der Waals surface area contributed by atoms with Gasteiger partial charge >= 0.3 is 6.09 Å². The van der Waals surface area contributed by atoms with E-state index in [4.69, 9.17) is 10.5 Å². The van der Waals surface area contributed by atoms with E-state index < -0.39 is 12.1 Å². The van der Waals surface area contributed by atoms with Crippen molar-refractivity contribution in [3.05, 3.63) is 42.0 Å². The van der Waals surface area contributed by atoms with Crippen LogP contribution >= 0.6 is 0 Å². The molecule has 0 radical (unpaired) electrons. The van der Waals surface area contributed by atoms with Gasteiger partial charge in [-0.15, -0.1) is 0 Å². The molecule has 2 aliphatic rings. The Morgan fingerprint density at radius 2 is 2.13 bits per heavy atom. The summed E-state index contributed by atoms with van der Waals surface area (Å²) in [5.74, 6) is 1.38. The number of carbonyl (C=O) groups excluding carboxylic acids is 1. The fourth-order valence-electron chi connectivity index (χ4n) is 5.44. The van der Waals surface area contributed by atoms with Gasteiger partial charge in [-0.25, -0.2) is 19.7 Å². The molecule has 12 heteroatoms. The predicted molar refractivity (Wildman–Crippen MR) is 141 cm³/mol. The van der Waals surface area contributed by atoms with Crippen LogP contribution in [0, 0.1) is 0 Å². The summed E-state index contributed by atoms with van der Waals surface area (Å²) in [5, 5.41) is 11.7. The van der Waals surface area contributed by atoms with Gasteiger partial charge in [0.2, 0.25) is 5.91 Å². The Morgan fingerprint density at radius 1 is 1.24 bits per heavy atom. The summed E-state index contributed by atoms with van der Waals surface area (Å²) in [4.78, 5) is 44.8. The molecule has 0 saturated carbocycles. The average molecular weight is 523 g/mol. The number of anilines is 1. The molecule has 4 heterocycles. The van der Waals surface area contributed by atoms with E-state index in [1.165, 1.54) is 6.33 Å². The number of amides is 2. The molecule has 3 aromatic rings. The number of aromatic amines is 1. The number of ether oxygens (including phenoxy) is 1. The van der Waals surface area contributed by atoms with Gasteiger partial charge in [-0.2, -0.15) is 0 Å². The standard InChI is InChI=1S/C26H34N8O4/c27-10-2-1-7-20(32-26(36)37)25(35)33-12-9-17-5-3-8-21(19(17)13-33)38-14-18-6-4-11-34(18)24-22-23(29-15-28-22)30-16-31-24/h3,5,8,15-16,18,20,32H,1-2,4,6-7,9-14,27H2,(H,36,37)(H,28,29,30,31). The van der Waals surface area contributed by atoms with Crippen LogP contribution in [-0.2, 0) is 17.8 Å². The van der Waals surface area contributed by atoms with Crippen LogP contribution in [0.4, 0.5) is 10.6 Å². The molecule has 12 nitrogen and oxygen atoms in total. The molecule has 0 bridgehead atoms. The Morgan fingerprint density at radius 3 is 2.97 bits per heavy atom. The summed E-state index contributed by atoms with van der Waals surface area (Å²) in [7, 11) is 0. The van der Waals surface area contributed by atoms with E-state index in [-0.39, 0.29) is 11.9 Å². The normalized spacial score (nSPS) is 17.9. The van der Waals surface area contributed by atoms with Gasteiger partial charge in [-0.05, 0) is 56.7 Å². The molecule has 2 atom stereocenters. The van der Waals surface area contributed by atoms with E-state index in [2.05, 4.69) is 36.2 Å². The number of hydrogen-bond donors (Lipinski definition) is 4. The maximum Gasteiger partial charge on any atom is 0.405 e. The molecule has 2 unspecified atom stereocenters. The summed E-state index contributed by atoms with van der Waals surface area (Å²) in [5.41, 5.74) is 9.17. The zero-order chi connectivity index (χ0) is 26.5. The summed E-state index contributed by atoms with van der Waals surface area (Å²) >= 11 is 0. The molecule has 5 rings (SSSR count). The van der Waals surface area contributed by atoms with Gasteiger partial charge in [-0.3, -0.25) is 4.79 Å². The Kier molecular flexibility index (Phi) is 7.87. The molecule has 38 heavy (non-hydrogen) atoms. The number of rotatable bonds is 10. The molecule has 5 N–H and O–H groups in total. The highest BCUT2D eigenvalue weighted by molar-refractivity contribution is 5.85. The van der Waals surface area contributed by atoms with Crippen molar-refractivity contribution in [1.82, 2.24) is 30.2 Å². The summed E-state index contributed by atoms with van der Waals surface area (Å²) < 4.78 is 6.39. The highest BCUT2D eigenvalue weighted by Gasteiger charge is 2.31. The first-order valence-electron chi connectivity index (χ1n) is 13.2. The number of carbonyl (C=O) groups is 2. The van der Waals surface area contributed by atoms with E-state index in [9.17, 15) is 14.7 Å². The Bertz CT molecular complexity index is 1280. The number of nitrogens with two attached hydrogens (primary N) is 1. The van der Waals surface area contributed by atoms with Gasteiger partial charge in [0.25, 0.3) is 0 Å². The van der Waals surface area contributed by atoms with Gasteiger partial charge in [0.15, 0.2) is 11.5 Å². The number of aromatic nitrogens is 4. The summed E-state index contributed by atoms with van der Waals surface area (Å²) in [6.45, 7) is 2.78. The van der Waals surface area contributed by atoms with Gasteiger partial charge in [-0.1, -0.05) is 12.1 Å². The van der Waals surface area contributed by atoms with E-state index in [1.54, 1.807) is 11.2 Å². The summed E-state index contributed by atoms with van der Waals surface area (Å²) in [6.07, 6.45) is 6.51. The van der Waals surface area contributed by atoms with Crippen molar-refractivity contribution in [2.45, 2.75) is 57.2 Å². The maximum absolute atomic E-state index is 13.3. The third-order valence-electron chi connectivity index (χ3n) is 7.37. The molecule has 2 aromatic heterocycles. The largest absolute Gasteiger partial charge is 0.491 e. The Hall–Kier alpha value is -3.93. The zero-order valence-corrected chi connectivity index (χ0v) is 21.3. The topological polar surface area (TPSA) is 163 Å². The van der Waals surface area contributed by atoms with Gasteiger partial charge in [0.1, 0.15) is 30.2 Å². The number of H-pyrrole nitrogens is 1. The Balaban J connectivity index is 1.28. The molecule has 1 fully saturated rings. The fraction of sp³-hybridized carbons (Fsp3) is 0.500. The van der Waals surface area contributed by atoms with Crippen LogP contribution in [0.1, 0.15) is 43.2 Å². The second-order valence-electron chi connectivity index (χ2n) is 9.79. The summed E-state index contributed by atoms with van der Waals surface area (Å²) in [6, 6.07) is 5.35. The maximum atomic E-state index is 13.3. The quantitative estimate of drug-likeness (QED) is 0.292. The smallest absolute Gasteiger partial charge is 0.405 e. The van der Waals surface area contributed by atoms with Crippen LogP contribution in [0.3, 0.4) is 0 Å². The minimum absolute atomic E-state index is 0.139. The first kappa shape index (κ1) is 25.7. The number of hydrogen-bond acceptors (Lipinski definition) is 8. The molecule has 1 aromatic carbocycles. The lowest BCUT2D eigenvalue weighted by Crippen LogP contribution is -2.49. The Labute approximate surface area is 220 Å². The fourth-order valence-corrected chi connectivity index (χ4v) is 5.44. The van der Waals surface area contributed by atoms with E-state index in [0.29, 0.717) is 51.2 Å². The number of nitrogens with zero attached hydrogens (tertiary/aromatic N) is 5. The van der Waals surface area contributed by atoms with Crippen LogP contribution in [0.2, 0.25) is 0 Å². The lowest BCUT2D eigenvalue weighted by atomic mass is 9.97. The van der Waals surface area contributed by atoms with E-state index in [0.717, 1.165) is 54.0 Å². The molecule has 202 valence electrons. The van der Waals surface area contributed by atoms with Crippen LogP contribution in [0.25, 0.3) is 11.2 Å². The predicted octanol–water partition coefficient (Wildman–Crippen LogP) is 2.05. The van der Waals surface area contributed by atoms with Crippen molar-refractivity contribution < 1.29 is 19.4 Å². The third kappa shape index (κ3) is 5.49. The minimum Gasteiger partial charge on any atom is -0.491 e. The zero-order valence-electron chi connectivity index (χ0n) is 21.3. The van der Waals surface area contributed by atoms with E-state index >= 15 is 0 Å². The molecule has 2 amide bonds. The van der Waals surface area contributed by atoms with Crippen molar-refractivity contribution >= 4 is 29.0 Å². The number of nitrogens with one attached hydrogen (secondary N) is 2. The molecule has 0 aliphatic carbocycles. The van der Waals surface area contributed by atoms with Gasteiger partial charge in [0, 0.05) is 25.2 Å². The molecular formula is C26H34N8O4. The number of carboxylic acid groups (broad SMARTS) is 1. The van der Waals surface area contributed by atoms with Gasteiger partial charge in [0.05, 0.1) is 12.4 Å². The van der Waals surface area contributed by atoms with Crippen LogP contribution in [0.5, 0.6) is 5.75 Å². The highest BCUT2D eigenvalue weighted by atomic mass is 16.5. The van der Waals surface area contributed by atoms with Crippen LogP contribution in [-0.4, -0.2) is 80.3 Å². The second-order valence-corrected chi connectivity index (χ2v) is 9.79. The lowest BCUT2D eigenvalue weighted by Gasteiger charge is -2.33. The number of imidazole rings is 1. The van der Waals surface area contributed by atoms with Gasteiger partial charge < -0.3 is 35.7 Å². The highest BCUT2D eigenvalue weighted by Crippen LogP contribution is 2.32. The molecular weight excluding hydrogens is 488 g/mol. The molecule has 0 spiro atoms. The minimum atomic E-state index is -1.20. The van der Waals surface area contributed by atoms with E-state index in [1.807, 2.05) is 12.1 Å². The van der Waals surface area contributed by atoms with Crippen LogP contribution in [0.15, 0.2) is 30.9 Å². The van der Waals surface area contributed by atoms with Crippen molar-refractivity contribution in [1.29, 1.82) is 0 Å². The first-order valence-corrected chi connectivity index (χ1v) is 13.2. The lowest BCUT2D eigenvalue weighted by molar-refractivity contribution is -0.134. The van der Waals surface area contributed by atoms with Crippen molar-refractivity contribution in [2.24, 2.45) is 5.73 Å². The number of unbranched alkanes of at least 4 members (excludes halogenated alkanes) is 1. The second kappa shape index (κ2) is 11.6. The van der Waals surface area contributed by atoms with Crippen molar-refractivity contribution in [2.75, 3.05) is 31.1 Å². The first-order chi connectivity index (χ1) is 18.5. The molecule has 2 aliphatic heterocycles. The SMILES string of the molecule is NCCCCC(NC(=O)O)C(=O)N1CCc2cccc(OCC3CCCN3c3ncnc4nc[nH]c34)c2C1. The average Bonchev–Trinajstić information content (AvgIpc) is 3.60. The van der Waals surface area contributed by atoms with Crippen molar-refractivity contribution in [3.63, 3.8) is 0 Å². The molecule has 1 saturated heterocycles. The van der Waals surface area contributed by atoms with Crippen LogP contribution < -0.4 is 20.7 Å².